The zero-order valence-electron chi connectivity index (χ0n) is 46.5. The standard InChI is InChI=1S/C46H50N2.C31H19N/c1-3-5-7-9-11-17-27-47-43-31-35-21-15-13-19-33(35)29-41(43)39-25-24-38-37(45(39)47)23-26-40-42-30-34-20-14-16-22-36(34)32-44(42)48(46(38)40)28-18-12-10-8-6-4-2;1-2-6-19-14-27-22(13-18(19)5-1)16-28-23-9-12-26-29-15-20-7-3-4-8-21(20)17-30(29)32-31(26)25(23)11-10-24(27)28/h13-16,19-26,29-32H,3-12,17-18,27-28H2,1-2H3;1-15,17,32H,16H2. The van der Waals surface area contributed by atoms with Crippen molar-refractivity contribution in [1.82, 2.24) is 14.1 Å². The summed E-state index contributed by atoms with van der Waals surface area (Å²) in [6, 6.07) is 73.3. The molecule has 0 unspecified atom stereocenters. The third-order valence-electron chi connectivity index (χ3n) is 18.4. The fourth-order valence-corrected chi connectivity index (χ4v) is 14.4. The number of hydrogen-bond donors (Lipinski definition) is 1. The lowest BCUT2D eigenvalue weighted by atomic mass is 9.96. The van der Waals surface area contributed by atoms with Crippen molar-refractivity contribution in [3.05, 3.63) is 205 Å². The largest absolute Gasteiger partial charge is 0.354 e. The smallest absolute Gasteiger partial charge is 0.0571 e. The van der Waals surface area contributed by atoms with E-state index in [0.717, 1.165) is 19.5 Å². The number of fused-ring (bicyclic) bond motifs is 22. The Balaban J connectivity index is 0.000000149. The van der Waals surface area contributed by atoms with Crippen LogP contribution in [0.25, 0.3) is 141 Å². The van der Waals surface area contributed by atoms with Crippen molar-refractivity contribution in [2.75, 3.05) is 0 Å². The highest BCUT2D eigenvalue weighted by atomic mass is 15.0. The molecule has 0 saturated carbocycles. The normalized spacial score (nSPS) is 12.5. The molecule has 0 amide bonds. The van der Waals surface area contributed by atoms with E-state index in [2.05, 4.69) is 222 Å². The van der Waals surface area contributed by atoms with Crippen LogP contribution in [-0.4, -0.2) is 14.1 Å². The third kappa shape index (κ3) is 8.22. The van der Waals surface area contributed by atoms with Crippen molar-refractivity contribution >= 4 is 130 Å². The minimum atomic E-state index is 1.00. The molecule has 1 aliphatic carbocycles. The molecule has 12 aromatic carbocycles. The molecule has 80 heavy (non-hydrogen) atoms. The molecule has 0 aliphatic heterocycles. The fraction of sp³-hybridized carbons (Fsp3) is 0.221. The topological polar surface area (TPSA) is 25.6 Å². The van der Waals surface area contributed by atoms with E-state index >= 15 is 0 Å². The Morgan fingerprint density at radius 2 is 0.713 bits per heavy atom. The van der Waals surface area contributed by atoms with Crippen LogP contribution in [0, 0.1) is 0 Å². The van der Waals surface area contributed by atoms with Crippen LogP contribution in [0.5, 0.6) is 0 Å². The first kappa shape index (κ1) is 48.7. The maximum absolute atomic E-state index is 3.75. The highest BCUT2D eigenvalue weighted by molar-refractivity contribution is 6.27. The number of aromatic amines is 1. The molecule has 16 rings (SSSR count). The Morgan fingerprint density at radius 3 is 1.24 bits per heavy atom. The summed E-state index contributed by atoms with van der Waals surface area (Å²) in [6.07, 6.45) is 16.7. The van der Waals surface area contributed by atoms with Crippen molar-refractivity contribution in [3.8, 4) is 11.1 Å². The first-order valence-corrected chi connectivity index (χ1v) is 30.2. The Kier molecular flexibility index (Phi) is 12.4. The molecule has 3 heterocycles. The Labute approximate surface area is 468 Å². The van der Waals surface area contributed by atoms with Crippen LogP contribution >= 0.6 is 0 Å². The average molecular weight is 1040 g/mol. The van der Waals surface area contributed by atoms with Gasteiger partial charge >= 0.3 is 0 Å². The van der Waals surface area contributed by atoms with E-state index < -0.39 is 0 Å². The third-order valence-corrected chi connectivity index (χ3v) is 18.4. The summed E-state index contributed by atoms with van der Waals surface area (Å²) in [5.41, 5.74) is 13.7. The van der Waals surface area contributed by atoms with E-state index in [1.165, 1.54) is 229 Å². The van der Waals surface area contributed by atoms with Gasteiger partial charge in [0.25, 0.3) is 0 Å². The minimum Gasteiger partial charge on any atom is -0.354 e. The quantitative estimate of drug-likeness (QED) is 0.105. The summed E-state index contributed by atoms with van der Waals surface area (Å²) in [5.74, 6) is 0. The van der Waals surface area contributed by atoms with E-state index in [9.17, 15) is 0 Å². The van der Waals surface area contributed by atoms with Gasteiger partial charge in [0, 0.05) is 78.1 Å². The zero-order chi connectivity index (χ0) is 53.3. The van der Waals surface area contributed by atoms with E-state index in [4.69, 9.17) is 0 Å². The number of nitrogens with zero attached hydrogens (tertiary/aromatic N) is 2. The minimum absolute atomic E-state index is 1.00. The maximum Gasteiger partial charge on any atom is 0.0571 e. The molecule has 0 atom stereocenters. The molecule has 0 spiro atoms. The summed E-state index contributed by atoms with van der Waals surface area (Å²) < 4.78 is 5.36. The number of unbranched alkanes of at least 4 members (excludes halogenated alkanes) is 10. The van der Waals surface area contributed by atoms with Gasteiger partial charge in [-0.1, -0.05) is 230 Å². The van der Waals surface area contributed by atoms with Gasteiger partial charge in [-0.05, 0) is 132 Å². The van der Waals surface area contributed by atoms with Crippen LogP contribution in [0.2, 0.25) is 0 Å². The molecule has 0 bridgehead atoms. The zero-order valence-corrected chi connectivity index (χ0v) is 46.5. The molecule has 0 saturated heterocycles. The van der Waals surface area contributed by atoms with Gasteiger partial charge in [-0.2, -0.15) is 0 Å². The van der Waals surface area contributed by atoms with Crippen molar-refractivity contribution in [2.24, 2.45) is 0 Å². The molecule has 392 valence electrons. The van der Waals surface area contributed by atoms with Gasteiger partial charge in [-0.25, -0.2) is 0 Å². The molecular weight excluding hydrogens is 967 g/mol. The SMILES string of the molecule is CCCCCCCCn1c2cc3ccccc3cc2c2ccc3c(ccc4c5cc6ccccc6cc5n(CCCCCCCC)c43)c21.c1ccc2cc3c(cc2c1)Cc1c-3ccc2c1ccc1c3cc4ccccc4cc3[nH]c21. The first-order valence-electron chi connectivity index (χ1n) is 30.2. The maximum atomic E-state index is 3.75. The van der Waals surface area contributed by atoms with Gasteiger partial charge in [0.2, 0.25) is 0 Å². The molecule has 3 nitrogen and oxygen atoms in total. The average Bonchev–Trinajstić information content (AvgIpc) is 4.39. The molecule has 15 aromatic rings. The molecule has 1 aliphatic rings. The van der Waals surface area contributed by atoms with Crippen LogP contribution in [0.4, 0.5) is 0 Å². The second kappa shape index (κ2) is 20.4. The lowest BCUT2D eigenvalue weighted by Gasteiger charge is -2.13. The van der Waals surface area contributed by atoms with Crippen LogP contribution < -0.4 is 0 Å². The number of nitrogens with one attached hydrogen (secondary N) is 1. The number of aryl methyl sites for hydroxylation is 2. The van der Waals surface area contributed by atoms with Crippen LogP contribution in [0.3, 0.4) is 0 Å². The van der Waals surface area contributed by atoms with Gasteiger partial charge in [0.1, 0.15) is 0 Å². The highest BCUT2D eigenvalue weighted by Gasteiger charge is 2.24. The molecule has 0 fully saturated rings. The first-order chi connectivity index (χ1) is 39.6. The molecule has 0 radical (unpaired) electrons. The second-order valence-electron chi connectivity index (χ2n) is 23.4. The van der Waals surface area contributed by atoms with Gasteiger partial charge in [0.05, 0.1) is 16.6 Å². The lowest BCUT2D eigenvalue weighted by Crippen LogP contribution is -2.00. The predicted octanol–water partition coefficient (Wildman–Crippen LogP) is 22.4. The van der Waals surface area contributed by atoms with Crippen molar-refractivity contribution in [2.45, 2.75) is 110 Å². The number of benzene rings is 12. The van der Waals surface area contributed by atoms with E-state index in [1.54, 1.807) is 0 Å². The van der Waals surface area contributed by atoms with Crippen LogP contribution in [0.15, 0.2) is 194 Å². The van der Waals surface area contributed by atoms with Gasteiger partial charge in [-0.15, -0.1) is 0 Å². The van der Waals surface area contributed by atoms with Crippen molar-refractivity contribution < 1.29 is 0 Å². The number of hydrogen-bond acceptors (Lipinski definition) is 0. The Bertz CT molecular complexity index is 4730. The molecule has 1 N–H and O–H groups in total. The predicted molar refractivity (Wildman–Crippen MR) is 348 cm³/mol. The fourth-order valence-electron chi connectivity index (χ4n) is 14.4. The second-order valence-corrected chi connectivity index (χ2v) is 23.4. The monoisotopic (exact) mass is 1040 g/mol. The number of rotatable bonds is 14. The number of H-pyrrole nitrogens is 1. The van der Waals surface area contributed by atoms with Gasteiger partial charge < -0.3 is 14.1 Å². The Morgan fingerprint density at radius 1 is 0.325 bits per heavy atom. The van der Waals surface area contributed by atoms with E-state index in [0.29, 0.717) is 0 Å². The van der Waals surface area contributed by atoms with E-state index in [1.807, 2.05) is 0 Å². The summed E-state index contributed by atoms with van der Waals surface area (Å²) >= 11 is 0. The van der Waals surface area contributed by atoms with Crippen molar-refractivity contribution in [3.63, 3.8) is 0 Å². The summed E-state index contributed by atoms with van der Waals surface area (Å²) in [7, 11) is 0. The summed E-state index contributed by atoms with van der Waals surface area (Å²) in [5, 5.41) is 24.1. The number of aromatic nitrogens is 3. The summed E-state index contributed by atoms with van der Waals surface area (Å²) in [4.78, 5) is 3.75. The molecular formula is C77H69N3. The molecule has 3 heteroatoms. The summed E-state index contributed by atoms with van der Waals surface area (Å²) in [6.45, 7) is 6.74. The van der Waals surface area contributed by atoms with E-state index in [-0.39, 0.29) is 0 Å². The van der Waals surface area contributed by atoms with Crippen LogP contribution in [-0.2, 0) is 19.5 Å². The Hall–Kier alpha value is -8.40. The van der Waals surface area contributed by atoms with Crippen LogP contribution in [0.1, 0.15) is 102 Å². The van der Waals surface area contributed by atoms with Gasteiger partial charge in [-0.3, -0.25) is 0 Å². The lowest BCUT2D eigenvalue weighted by molar-refractivity contribution is 0.571. The highest BCUT2D eigenvalue weighted by Crippen LogP contribution is 2.46. The molecule has 3 aromatic heterocycles. The van der Waals surface area contributed by atoms with Crippen molar-refractivity contribution in [1.29, 1.82) is 0 Å². The van der Waals surface area contributed by atoms with Gasteiger partial charge in [0.15, 0.2) is 0 Å².